The van der Waals surface area contributed by atoms with Gasteiger partial charge in [0.2, 0.25) is 0 Å². The van der Waals surface area contributed by atoms with Crippen LogP contribution in [0.1, 0.15) is 183 Å². The highest BCUT2D eigenvalue weighted by atomic mass is 16.5. The number of hydrogen-bond donors (Lipinski definition) is 4. The predicted octanol–water partition coefficient (Wildman–Crippen LogP) is 10.3. The van der Waals surface area contributed by atoms with Crippen molar-refractivity contribution in [2.75, 3.05) is 13.7 Å². The number of carbonyl (C=O) groups excluding carboxylic acids is 4. The third-order valence-corrected chi connectivity index (χ3v) is 15.1. The Hall–Kier alpha value is -4.86. The molecule has 2 aromatic rings. The van der Waals surface area contributed by atoms with Crippen LogP contribution in [-0.4, -0.2) is 53.2 Å². The van der Waals surface area contributed by atoms with Gasteiger partial charge in [0.15, 0.2) is 11.6 Å². The number of rotatable bonds is 20. The monoisotopic (exact) mass is 891 g/mol. The van der Waals surface area contributed by atoms with Crippen molar-refractivity contribution < 1.29 is 28.7 Å². The Morgan fingerprint density at radius 1 is 0.831 bits per heavy atom. The molecule has 1 saturated heterocycles. The van der Waals surface area contributed by atoms with Crippen molar-refractivity contribution in [3.8, 4) is 0 Å². The normalized spacial score (nSPS) is 24.5. The van der Waals surface area contributed by atoms with Gasteiger partial charge in [-0.3, -0.25) is 19.2 Å². The number of nitrogens with one attached hydrogen (secondary N) is 4. The molecule has 1 fully saturated rings. The molecule has 5 heterocycles. The Bertz CT molecular complexity index is 2380. The number of allylic oxidation sites excluding steroid dienone is 4. The molecule has 2 aromatic heterocycles. The highest BCUT2D eigenvalue weighted by molar-refractivity contribution is 6.19. The van der Waals surface area contributed by atoms with Gasteiger partial charge in [-0.1, -0.05) is 99.0 Å². The molecule has 10 nitrogen and oxygen atoms in total. The molecule has 0 amide bonds. The van der Waals surface area contributed by atoms with E-state index in [1.54, 1.807) is 6.92 Å². The summed E-state index contributed by atoms with van der Waals surface area (Å²) in [6.45, 7) is 23.7. The number of carbonyl (C=O) groups is 4. The van der Waals surface area contributed by atoms with Crippen LogP contribution in [0.2, 0.25) is 0 Å². The number of fused-ring (bicyclic) bond motifs is 8. The topological polar surface area (TPSA) is 142 Å². The maximum absolute atomic E-state index is 14.4. The zero-order valence-corrected chi connectivity index (χ0v) is 41.6. The van der Waals surface area contributed by atoms with Crippen LogP contribution >= 0.6 is 0 Å². The minimum atomic E-state index is -1.14. The van der Waals surface area contributed by atoms with Gasteiger partial charge in [-0.05, 0) is 124 Å². The lowest BCUT2D eigenvalue weighted by Gasteiger charge is -2.25. The molecule has 7 atom stereocenters. The fraction of sp³-hybridized carbons (Fsp3) is 0.600. The van der Waals surface area contributed by atoms with Crippen LogP contribution in [-0.2, 0) is 19.1 Å². The van der Waals surface area contributed by atoms with Gasteiger partial charge in [0.25, 0.3) is 0 Å². The van der Waals surface area contributed by atoms with Gasteiger partial charge in [0.05, 0.1) is 24.2 Å². The van der Waals surface area contributed by atoms with Crippen molar-refractivity contribution in [2.24, 2.45) is 41.4 Å². The molecule has 0 aromatic carbocycles. The Labute approximate surface area is 388 Å². The van der Waals surface area contributed by atoms with Gasteiger partial charge < -0.3 is 30.1 Å². The quantitative estimate of drug-likeness (QED) is 0.0446. The Morgan fingerprint density at radius 2 is 1.49 bits per heavy atom. The van der Waals surface area contributed by atoms with Crippen molar-refractivity contribution in [3.05, 3.63) is 78.7 Å². The van der Waals surface area contributed by atoms with Gasteiger partial charge in [-0.25, -0.2) is 0 Å². The van der Waals surface area contributed by atoms with Crippen LogP contribution < -0.4 is 21.3 Å². The second-order valence-electron chi connectivity index (χ2n) is 20.4. The number of H-pyrrole nitrogens is 2. The Kier molecular flexibility index (Phi) is 16.5. The first-order valence-corrected chi connectivity index (χ1v) is 24.8. The standard InChI is InChI=1S/C55H78N4O6/c1-13-39-34(7)41-29-46-48(38(11)60)36(9)43(57-46)27-42-35(8)40(52(58-42)50-51(55(63)64-12)54(62)49-37(10)44(59-53(49)50)28-45(39)56-41)23-24-47(61)65-26-25-33(6)22-16-21-32(5)20-15-19-31(4)18-14-17-30(2)3/h25,27-32,34-35,40,51-52,56-59H,13-24,26H2,1-12H3/b33-25+,41-29-,42-27-,44-28-. The summed E-state index contributed by atoms with van der Waals surface area (Å²) in [4.78, 5) is 61.9. The third-order valence-electron chi connectivity index (χ3n) is 15.1. The van der Waals surface area contributed by atoms with Crippen molar-refractivity contribution in [1.29, 1.82) is 0 Å². The van der Waals surface area contributed by atoms with Crippen LogP contribution in [0.25, 0.3) is 23.8 Å². The number of esters is 2. The summed E-state index contributed by atoms with van der Waals surface area (Å²) in [5.74, 6) is -0.252. The summed E-state index contributed by atoms with van der Waals surface area (Å²) in [6.07, 6.45) is 20.9. The maximum Gasteiger partial charge on any atom is 0.320 e. The average Bonchev–Trinajstić information content (AvgIpc) is 4.00. The molecule has 8 bridgehead atoms. The largest absolute Gasteiger partial charge is 0.468 e. The molecule has 354 valence electrons. The molecule has 7 unspecified atom stereocenters. The molecule has 4 aliphatic rings. The second-order valence-corrected chi connectivity index (χ2v) is 20.4. The van der Waals surface area contributed by atoms with E-state index in [-0.39, 0.29) is 48.3 Å². The zero-order chi connectivity index (χ0) is 47.3. The Morgan fingerprint density at radius 3 is 2.14 bits per heavy atom. The average molecular weight is 891 g/mol. The first-order valence-electron chi connectivity index (χ1n) is 24.8. The smallest absolute Gasteiger partial charge is 0.320 e. The summed E-state index contributed by atoms with van der Waals surface area (Å²) in [6, 6.07) is -0.483. The second kappa shape index (κ2) is 21.6. The van der Waals surface area contributed by atoms with Crippen LogP contribution in [0, 0.1) is 55.3 Å². The van der Waals surface area contributed by atoms with E-state index in [1.807, 2.05) is 26.0 Å². The number of aromatic nitrogens is 2. The molecule has 1 aliphatic carbocycles. The number of ether oxygens (including phenoxy) is 2. The summed E-state index contributed by atoms with van der Waals surface area (Å²) in [7, 11) is 1.32. The lowest BCUT2D eigenvalue weighted by Crippen LogP contribution is -2.38. The summed E-state index contributed by atoms with van der Waals surface area (Å²) >= 11 is 0. The minimum absolute atomic E-state index is 0.0307. The summed E-state index contributed by atoms with van der Waals surface area (Å²) in [5.41, 5.74) is 10.2. The van der Waals surface area contributed by atoms with E-state index in [2.05, 4.69) is 88.1 Å². The third kappa shape index (κ3) is 11.1. The molecule has 6 rings (SSSR count). The van der Waals surface area contributed by atoms with Crippen LogP contribution in [0.3, 0.4) is 0 Å². The number of aromatic amines is 2. The van der Waals surface area contributed by atoms with Crippen molar-refractivity contribution >= 4 is 47.3 Å². The SMILES string of the molecule is CCC1=C2/C=c3\[nH]c4c(c3C)C(=O)C(C(=O)OC)C=4C3N/C(=C\c4[nH]c(c(C(C)=O)c4C)/C=C(\N2)C1C)C(C)C3CCC(=O)OC/C=C(\C)CCCC(C)CCCC(C)CCCC(C)C. The van der Waals surface area contributed by atoms with Crippen LogP contribution in [0.5, 0.6) is 0 Å². The fourth-order valence-electron chi connectivity index (χ4n) is 11.0. The van der Waals surface area contributed by atoms with E-state index in [0.29, 0.717) is 34.4 Å². The molecular weight excluding hydrogens is 813 g/mol. The number of ketones is 2. The highest BCUT2D eigenvalue weighted by Gasteiger charge is 2.49. The summed E-state index contributed by atoms with van der Waals surface area (Å²) in [5, 5.41) is 8.81. The highest BCUT2D eigenvalue weighted by Crippen LogP contribution is 2.43. The molecule has 4 N–H and O–H groups in total. The molecular formula is C55H78N4O6. The number of hydrogen-bond acceptors (Lipinski definition) is 8. The molecule has 3 aliphatic heterocycles. The van der Waals surface area contributed by atoms with Gasteiger partial charge >= 0.3 is 11.9 Å². The molecule has 0 saturated carbocycles. The van der Waals surface area contributed by atoms with Gasteiger partial charge in [0.1, 0.15) is 12.5 Å². The first kappa shape index (κ1) is 49.6. The predicted molar refractivity (Wildman–Crippen MR) is 262 cm³/mol. The number of methoxy groups -OCH3 is 1. The molecule has 10 heteroatoms. The van der Waals surface area contributed by atoms with E-state index in [9.17, 15) is 19.2 Å². The van der Waals surface area contributed by atoms with E-state index in [1.165, 1.54) is 63.2 Å². The Balaban J connectivity index is 1.21. The summed E-state index contributed by atoms with van der Waals surface area (Å²) < 4.78 is 11.1. The van der Waals surface area contributed by atoms with Gasteiger partial charge in [-0.15, -0.1) is 0 Å². The van der Waals surface area contributed by atoms with Gasteiger partial charge in [-0.2, -0.15) is 0 Å². The number of Topliss-reactive ketones (excluding diaryl/α,β-unsaturated/α-hetero) is 2. The fourth-order valence-corrected chi connectivity index (χ4v) is 11.0. The van der Waals surface area contributed by atoms with Crippen molar-refractivity contribution in [1.82, 2.24) is 20.6 Å². The van der Waals surface area contributed by atoms with Crippen molar-refractivity contribution in [2.45, 2.75) is 159 Å². The molecule has 65 heavy (non-hydrogen) atoms. The van der Waals surface area contributed by atoms with E-state index >= 15 is 0 Å². The van der Waals surface area contributed by atoms with Crippen LogP contribution in [0.4, 0.5) is 0 Å². The first-order chi connectivity index (χ1) is 30.9. The lowest BCUT2D eigenvalue weighted by atomic mass is 9.80. The van der Waals surface area contributed by atoms with E-state index < -0.39 is 17.9 Å². The molecule has 0 radical (unpaired) electrons. The zero-order valence-electron chi connectivity index (χ0n) is 41.6. The van der Waals surface area contributed by atoms with Gasteiger partial charge in [0, 0.05) is 57.5 Å². The van der Waals surface area contributed by atoms with E-state index in [4.69, 9.17) is 9.47 Å². The van der Waals surface area contributed by atoms with E-state index in [0.717, 1.165) is 76.1 Å². The lowest BCUT2D eigenvalue weighted by molar-refractivity contribution is -0.143. The maximum atomic E-state index is 14.4. The van der Waals surface area contributed by atoms with Crippen molar-refractivity contribution in [3.63, 3.8) is 0 Å². The minimum Gasteiger partial charge on any atom is -0.468 e. The van der Waals surface area contributed by atoms with Crippen LogP contribution in [0.15, 0.2) is 34.3 Å². The molecule has 0 spiro atoms.